The van der Waals surface area contributed by atoms with Crippen LogP contribution in [0.4, 0.5) is 0 Å². The zero-order valence-electron chi connectivity index (χ0n) is 6.88. The van der Waals surface area contributed by atoms with E-state index in [2.05, 4.69) is 18.2 Å². The van der Waals surface area contributed by atoms with Gasteiger partial charge in [-0.15, -0.1) is 0 Å². The van der Waals surface area contributed by atoms with Crippen LogP contribution in [0.5, 0.6) is 0 Å². The number of carbonyl (C=O) groups is 1. The summed E-state index contributed by atoms with van der Waals surface area (Å²) in [7, 11) is 0. The monoisotopic (exact) mass is 204 g/mol. The van der Waals surface area contributed by atoms with Crippen molar-refractivity contribution in [2.75, 3.05) is 0 Å². The molecular formula is C8H12O2Zn. The summed E-state index contributed by atoms with van der Waals surface area (Å²) >= 11 is 0. The fourth-order valence-electron chi connectivity index (χ4n) is 0.398. The van der Waals surface area contributed by atoms with Crippen molar-refractivity contribution in [2.45, 2.75) is 19.8 Å². The summed E-state index contributed by atoms with van der Waals surface area (Å²) < 4.78 is 4.56. The van der Waals surface area contributed by atoms with Crippen molar-refractivity contribution in [3.63, 3.8) is 0 Å². The second-order valence-electron chi connectivity index (χ2n) is 1.80. The fourth-order valence-corrected chi connectivity index (χ4v) is 0.398. The number of esters is 1. The van der Waals surface area contributed by atoms with Gasteiger partial charge >= 0.3 is 5.97 Å². The van der Waals surface area contributed by atoms with Gasteiger partial charge in [-0.05, 0) is 12.5 Å². The molecule has 0 saturated heterocycles. The van der Waals surface area contributed by atoms with E-state index in [0.29, 0.717) is 0 Å². The maximum absolute atomic E-state index is 10.4. The molecule has 0 atom stereocenters. The average molecular weight is 206 g/mol. The number of ether oxygens (including phenoxy) is 1. The second kappa shape index (κ2) is 9.57. The van der Waals surface area contributed by atoms with E-state index >= 15 is 0 Å². The minimum Gasteiger partial charge on any atom is -0.432 e. The van der Waals surface area contributed by atoms with Crippen molar-refractivity contribution < 1.29 is 29.0 Å². The molecule has 0 bridgehead atoms. The Bertz CT molecular complexity index is 141. The molecule has 58 valence electrons. The van der Waals surface area contributed by atoms with Gasteiger partial charge in [0.1, 0.15) is 0 Å². The molecule has 0 aliphatic heterocycles. The fraction of sp³-hybridized carbons (Fsp3) is 0.375. The third kappa shape index (κ3) is 9.57. The van der Waals surface area contributed by atoms with Crippen LogP contribution >= 0.6 is 0 Å². The Balaban J connectivity index is 0. The van der Waals surface area contributed by atoms with Crippen LogP contribution in [0.1, 0.15) is 19.8 Å². The van der Waals surface area contributed by atoms with E-state index in [1.54, 1.807) is 6.08 Å². The van der Waals surface area contributed by atoms with E-state index in [4.69, 9.17) is 0 Å². The van der Waals surface area contributed by atoms with Gasteiger partial charge in [0.05, 0.1) is 6.26 Å². The van der Waals surface area contributed by atoms with Gasteiger partial charge in [0.15, 0.2) is 0 Å². The molecule has 0 N–H and O–H groups in total. The molecule has 2 nitrogen and oxygen atoms in total. The minimum atomic E-state index is -0.410. The topological polar surface area (TPSA) is 26.3 Å². The quantitative estimate of drug-likeness (QED) is 0.304. The van der Waals surface area contributed by atoms with Gasteiger partial charge in [-0.3, -0.25) is 0 Å². The standard InChI is InChI=1S/C8H12O2.Zn/c1-3-5-6-7-10-8(9)4-2;/h4,6-7H,2-3,5H2,1H3;. The predicted octanol–water partition coefficient (Wildman–Crippen LogP) is 2.03. The number of hydrogen-bond acceptors (Lipinski definition) is 2. The Hall–Kier alpha value is -0.427. The molecule has 0 unspecified atom stereocenters. The zero-order chi connectivity index (χ0) is 7.82. The molecule has 3 heteroatoms. The number of allylic oxidation sites excluding steroid dienone is 1. The largest absolute Gasteiger partial charge is 0.432 e. The van der Waals surface area contributed by atoms with Crippen molar-refractivity contribution in [1.29, 1.82) is 0 Å². The summed E-state index contributed by atoms with van der Waals surface area (Å²) in [5.74, 6) is -0.410. The van der Waals surface area contributed by atoms with Gasteiger partial charge in [-0.1, -0.05) is 19.9 Å². The van der Waals surface area contributed by atoms with Crippen LogP contribution in [-0.2, 0) is 29.0 Å². The molecule has 0 spiro atoms. The minimum absolute atomic E-state index is 0. The van der Waals surface area contributed by atoms with Crippen LogP contribution in [0.25, 0.3) is 0 Å². The molecule has 11 heavy (non-hydrogen) atoms. The molecule has 0 aromatic rings. The van der Waals surface area contributed by atoms with Gasteiger partial charge in [-0.2, -0.15) is 0 Å². The summed E-state index contributed by atoms with van der Waals surface area (Å²) in [5.41, 5.74) is 0. The first-order valence-electron chi connectivity index (χ1n) is 3.29. The van der Waals surface area contributed by atoms with Gasteiger partial charge in [0.2, 0.25) is 0 Å². The van der Waals surface area contributed by atoms with Crippen LogP contribution in [-0.4, -0.2) is 5.97 Å². The first-order chi connectivity index (χ1) is 4.81. The SMILES string of the molecule is C=CC(=O)OC=CCCC.[Zn]. The Morgan fingerprint density at radius 1 is 1.64 bits per heavy atom. The van der Waals surface area contributed by atoms with Crippen molar-refractivity contribution >= 4 is 5.97 Å². The maximum Gasteiger partial charge on any atom is 0.334 e. The van der Waals surface area contributed by atoms with Gasteiger partial charge in [0, 0.05) is 25.6 Å². The Kier molecular flexibility index (Phi) is 11.5. The number of carbonyl (C=O) groups excluding carboxylic acids is 1. The number of unbranched alkanes of at least 4 members (excludes halogenated alkanes) is 1. The maximum atomic E-state index is 10.4. The van der Waals surface area contributed by atoms with Crippen molar-refractivity contribution in [2.24, 2.45) is 0 Å². The smallest absolute Gasteiger partial charge is 0.334 e. The number of hydrogen-bond donors (Lipinski definition) is 0. The van der Waals surface area contributed by atoms with Crippen LogP contribution in [0.3, 0.4) is 0 Å². The summed E-state index contributed by atoms with van der Waals surface area (Å²) in [6, 6.07) is 0. The van der Waals surface area contributed by atoms with Crippen LogP contribution in [0, 0.1) is 0 Å². The summed E-state index contributed by atoms with van der Waals surface area (Å²) in [4.78, 5) is 10.4. The molecule has 0 aromatic heterocycles. The Morgan fingerprint density at radius 2 is 2.27 bits per heavy atom. The van der Waals surface area contributed by atoms with E-state index in [9.17, 15) is 4.79 Å². The Morgan fingerprint density at radius 3 is 2.73 bits per heavy atom. The molecule has 0 rings (SSSR count). The number of rotatable bonds is 4. The molecule has 0 amide bonds. The van der Waals surface area contributed by atoms with Crippen molar-refractivity contribution in [3.8, 4) is 0 Å². The summed E-state index contributed by atoms with van der Waals surface area (Å²) in [5, 5.41) is 0. The third-order valence-electron chi connectivity index (χ3n) is 0.902. The van der Waals surface area contributed by atoms with Gasteiger partial charge in [-0.25, -0.2) is 4.79 Å². The molecule has 0 aliphatic rings. The van der Waals surface area contributed by atoms with Crippen LogP contribution in [0.2, 0.25) is 0 Å². The molecule has 0 saturated carbocycles. The van der Waals surface area contributed by atoms with E-state index in [-0.39, 0.29) is 19.5 Å². The molecule has 0 radical (unpaired) electrons. The van der Waals surface area contributed by atoms with Crippen molar-refractivity contribution in [1.82, 2.24) is 0 Å². The predicted molar refractivity (Wildman–Crippen MR) is 40.3 cm³/mol. The molecule has 0 aromatic carbocycles. The first-order valence-corrected chi connectivity index (χ1v) is 3.29. The third-order valence-corrected chi connectivity index (χ3v) is 0.902. The Labute approximate surface area is 80.1 Å². The van der Waals surface area contributed by atoms with Gasteiger partial charge in [0.25, 0.3) is 0 Å². The normalized spacial score (nSPS) is 8.82. The molecule has 0 fully saturated rings. The van der Waals surface area contributed by atoms with E-state index in [1.807, 2.05) is 0 Å². The zero-order valence-corrected chi connectivity index (χ0v) is 9.84. The van der Waals surface area contributed by atoms with Crippen LogP contribution < -0.4 is 0 Å². The van der Waals surface area contributed by atoms with E-state index in [0.717, 1.165) is 18.9 Å². The van der Waals surface area contributed by atoms with Gasteiger partial charge < -0.3 is 4.74 Å². The summed E-state index contributed by atoms with van der Waals surface area (Å²) in [6.45, 7) is 5.31. The van der Waals surface area contributed by atoms with E-state index in [1.165, 1.54) is 6.26 Å². The molecule has 0 aliphatic carbocycles. The van der Waals surface area contributed by atoms with E-state index < -0.39 is 5.97 Å². The summed E-state index contributed by atoms with van der Waals surface area (Å²) in [6.07, 6.45) is 6.33. The van der Waals surface area contributed by atoms with Crippen molar-refractivity contribution in [3.05, 3.63) is 25.0 Å². The average Bonchev–Trinajstić information content (AvgIpc) is 1.98. The molecule has 0 heterocycles. The second-order valence-corrected chi connectivity index (χ2v) is 1.80. The first kappa shape index (κ1) is 13.2. The van der Waals surface area contributed by atoms with Crippen LogP contribution in [0.15, 0.2) is 25.0 Å². The molecular weight excluding hydrogens is 193 g/mol.